The zero-order valence-electron chi connectivity index (χ0n) is 8.41. The van der Waals surface area contributed by atoms with Crippen LogP contribution in [0.3, 0.4) is 0 Å². The largest absolute Gasteiger partial charge is 0.344 e. The second kappa shape index (κ2) is 9.27. The Morgan fingerprint density at radius 1 is 0.385 bits per heavy atom. The van der Waals surface area contributed by atoms with Crippen molar-refractivity contribution in [2.24, 2.45) is 0 Å². The van der Waals surface area contributed by atoms with E-state index in [1.807, 2.05) is 36.4 Å². The highest BCUT2D eigenvalue weighted by molar-refractivity contribution is 4.99. The van der Waals surface area contributed by atoms with E-state index in [1.54, 1.807) is 0 Å². The third-order valence-electron chi connectivity index (χ3n) is 2.17. The molecule has 2 rings (SSSR count). The molecule has 1 aromatic rings. The van der Waals surface area contributed by atoms with Crippen molar-refractivity contribution in [2.75, 3.05) is 0 Å². The molecule has 0 bridgehead atoms. The summed E-state index contributed by atoms with van der Waals surface area (Å²) in [5.41, 5.74) is 0. The molecule has 1 aromatic carbocycles. The Labute approximate surface area is 81.8 Å². The van der Waals surface area contributed by atoms with E-state index >= 15 is 0 Å². The van der Waals surface area contributed by atoms with Crippen molar-refractivity contribution >= 4 is 0 Å². The van der Waals surface area contributed by atoms with E-state index in [-0.39, 0.29) is 6.15 Å². The second-order valence-corrected chi connectivity index (χ2v) is 3.28. The zero-order chi connectivity index (χ0) is 8.49. The van der Waals surface area contributed by atoms with Crippen LogP contribution in [-0.4, -0.2) is 0 Å². The van der Waals surface area contributed by atoms with Gasteiger partial charge in [-0.1, -0.05) is 74.9 Å². The van der Waals surface area contributed by atoms with Crippen LogP contribution in [0.1, 0.15) is 38.5 Å². The molecule has 13 heavy (non-hydrogen) atoms. The summed E-state index contributed by atoms with van der Waals surface area (Å²) < 4.78 is 0. The first-order valence-corrected chi connectivity index (χ1v) is 5.00. The van der Waals surface area contributed by atoms with E-state index in [9.17, 15) is 0 Å². The monoisotopic (exact) mass is 179 g/mol. The summed E-state index contributed by atoms with van der Waals surface area (Å²) in [7, 11) is 0. The lowest BCUT2D eigenvalue weighted by atomic mass is 10.0. The molecule has 1 nitrogen and oxygen atoms in total. The van der Waals surface area contributed by atoms with Gasteiger partial charge in [0.25, 0.3) is 0 Å². The highest BCUT2D eigenvalue weighted by atomic mass is 14.0. The molecule has 0 saturated heterocycles. The van der Waals surface area contributed by atoms with Gasteiger partial charge in [0.1, 0.15) is 0 Å². The molecule has 1 fully saturated rings. The summed E-state index contributed by atoms with van der Waals surface area (Å²) >= 11 is 0. The molecule has 0 unspecified atom stereocenters. The topological polar surface area (TPSA) is 35.0 Å². The molecule has 0 spiro atoms. The molecule has 74 valence electrons. The van der Waals surface area contributed by atoms with E-state index in [0.29, 0.717) is 0 Å². The quantitative estimate of drug-likeness (QED) is 0.636. The van der Waals surface area contributed by atoms with Gasteiger partial charge in [0.05, 0.1) is 0 Å². The Kier molecular flexibility index (Phi) is 8.68. The van der Waals surface area contributed by atoms with Crippen LogP contribution >= 0.6 is 0 Å². The van der Waals surface area contributed by atoms with Crippen LogP contribution in [0.5, 0.6) is 0 Å². The minimum atomic E-state index is 0. The van der Waals surface area contributed by atoms with Gasteiger partial charge in [-0.05, 0) is 0 Å². The maximum atomic E-state index is 2.00. The van der Waals surface area contributed by atoms with Crippen molar-refractivity contribution in [2.45, 2.75) is 38.5 Å². The summed E-state index contributed by atoms with van der Waals surface area (Å²) in [5.74, 6) is 0. The van der Waals surface area contributed by atoms with Gasteiger partial charge in [0.15, 0.2) is 0 Å². The third-order valence-corrected chi connectivity index (χ3v) is 2.17. The predicted molar refractivity (Wildman–Crippen MR) is 59.2 cm³/mol. The standard InChI is InChI=1S/C6H12.C6H6.H3N/c2*1-2-4-6-5-3-1;/h1-6H2;1-6H;1H3. The van der Waals surface area contributed by atoms with Crippen molar-refractivity contribution in [1.82, 2.24) is 6.15 Å². The predicted octanol–water partition coefficient (Wildman–Crippen LogP) is 4.19. The van der Waals surface area contributed by atoms with Crippen LogP contribution in [0.2, 0.25) is 0 Å². The molecule has 1 aliphatic carbocycles. The lowest BCUT2D eigenvalue weighted by molar-refractivity contribution is 0.504. The molecule has 0 heterocycles. The van der Waals surface area contributed by atoms with Gasteiger partial charge in [-0.25, -0.2) is 0 Å². The van der Waals surface area contributed by atoms with Gasteiger partial charge in [-0.3, -0.25) is 0 Å². The Hall–Kier alpha value is -0.820. The molecule has 0 atom stereocenters. The summed E-state index contributed by atoms with van der Waals surface area (Å²) in [6, 6.07) is 12.0. The first-order chi connectivity index (χ1) is 6.00. The Bertz CT molecular complexity index is 130. The molecular formula is C12H21N. The lowest BCUT2D eigenvalue weighted by Crippen LogP contribution is -1.85. The second-order valence-electron chi connectivity index (χ2n) is 3.28. The fourth-order valence-corrected chi connectivity index (χ4v) is 1.45. The number of hydrogen-bond donors (Lipinski definition) is 1. The van der Waals surface area contributed by atoms with Crippen LogP contribution in [-0.2, 0) is 0 Å². The van der Waals surface area contributed by atoms with Crippen molar-refractivity contribution in [1.29, 1.82) is 0 Å². The van der Waals surface area contributed by atoms with E-state index in [0.717, 1.165) is 0 Å². The summed E-state index contributed by atoms with van der Waals surface area (Å²) in [6.07, 6.45) is 9.00. The van der Waals surface area contributed by atoms with Gasteiger partial charge in [0, 0.05) is 0 Å². The minimum absolute atomic E-state index is 0. The van der Waals surface area contributed by atoms with Crippen molar-refractivity contribution < 1.29 is 0 Å². The van der Waals surface area contributed by atoms with Crippen LogP contribution in [0, 0.1) is 0 Å². The van der Waals surface area contributed by atoms with E-state index < -0.39 is 0 Å². The molecular weight excluding hydrogens is 158 g/mol. The molecule has 0 amide bonds. The van der Waals surface area contributed by atoms with Gasteiger partial charge >= 0.3 is 0 Å². The zero-order valence-corrected chi connectivity index (χ0v) is 8.41. The van der Waals surface area contributed by atoms with Gasteiger partial charge < -0.3 is 6.15 Å². The molecule has 1 saturated carbocycles. The fraction of sp³-hybridized carbons (Fsp3) is 0.500. The molecule has 1 aliphatic rings. The summed E-state index contributed by atoms with van der Waals surface area (Å²) in [4.78, 5) is 0. The van der Waals surface area contributed by atoms with E-state index in [4.69, 9.17) is 0 Å². The average Bonchev–Trinajstić information content (AvgIpc) is 2.24. The van der Waals surface area contributed by atoms with Gasteiger partial charge in [0.2, 0.25) is 0 Å². The highest BCUT2D eigenvalue weighted by Crippen LogP contribution is 2.15. The maximum absolute atomic E-state index is 2.00. The molecule has 0 aliphatic heterocycles. The van der Waals surface area contributed by atoms with Crippen LogP contribution in [0.15, 0.2) is 36.4 Å². The van der Waals surface area contributed by atoms with Gasteiger partial charge in [-0.15, -0.1) is 0 Å². The molecule has 3 N–H and O–H groups in total. The normalized spacial score (nSPS) is 14.8. The Balaban J connectivity index is 0.000000206. The van der Waals surface area contributed by atoms with Crippen molar-refractivity contribution in [3.63, 3.8) is 0 Å². The van der Waals surface area contributed by atoms with E-state index in [1.165, 1.54) is 38.5 Å². The Morgan fingerprint density at radius 3 is 0.692 bits per heavy atom. The first-order valence-electron chi connectivity index (χ1n) is 5.00. The fourth-order valence-electron chi connectivity index (χ4n) is 1.45. The number of hydrogen-bond acceptors (Lipinski definition) is 1. The lowest BCUT2D eigenvalue weighted by Gasteiger charge is -2.05. The maximum Gasteiger partial charge on any atom is -0.0533 e. The van der Waals surface area contributed by atoms with E-state index in [2.05, 4.69) is 0 Å². The van der Waals surface area contributed by atoms with Crippen molar-refractivity contribution in [3.8, 4) is 0 Å². The SMILES string of the molecule is C1CCCCC1.N.c1ccccc1. The third kappa shape index (κ3) is 7.54. The number of rotatable bonds is 0. The molecule has 0 radical (unpaired) electrons. The van der Waals surface area contributed by atoms with Crippen LogP contribution < -0.4 is 6.15 Å². The van der Waals surface area contributed by atoms with Crippen LogP contribution in [0.4, 0.5) is 0 Å². The molecule has 1 heteroatoms. The Morgan fingerprint density at radius 2 is 0.538 bits per heavy atom. The van der Waals surface area contributed by atoms with Crippen LogP contribution in [0.25, 0.3) is 0 Å². The minimum Gasteiger partial charge on any atom is -0.344 e. The van der Waals surface area contributed by atoms with Gasteiger partial charge in [-0.2, -0.15) is 0 Å². The summed E-state index contributed by atoms with van der Waals surface area (Å²) in [6.45, 7) is 0. The first kappa shape index (κ1) is 12.2. The molecule has 0 aromatic heterocycles. The van der Waals surface area contributed by atoms with Crippen molar-refractivity contribution in [3.05, 3.63) is 36.4 Å². The smallest absolute Gasteiger partial charge is 0.0533 e. The highest BCUT2D eigenvalue weighted by Gasteiger charge is 1.95. The number of benzene rings is 1. The average molecular weight is 179 g/mol. The summed E-state index contributed by atoms with van der Waals surface area (Å²) in [5, 5.41) is 0.